The van der Waals surface area contributed by atoms with Gasteiger partial charge in [-0.25, -0.2) is 15.0 Å². The van der Waals surface area contributed by atoms with Gasteiger partial charge >= 0.3 is 0 Å². The third-order valence-electron chi connectivity index (χ3n) is 6.80. The van der Waals surface area contributed by atoms with Crippen LogP contribution in [-0.4, -0.2) is 45.7 Å². The van der Waals surface area contributed by atoms with Gasteiger partial charge < -0.3 is 14.6 Å². The van der Waals surface area contributed by atoms with Crippen molar-refractivity contribution in [3.8, 4) is 11.5 Å². The van der Waals surface area contributed by atoms with Crippen LogP contribution in [-0.2, 0) is 11.3 Å². The Morgan fingerprint density at radius 3 is 2.76 bits per heavy atom. The highest BCUT2D eigenvalue weighted by Crippen LogP contribution is 2.27. The molecule has 0 spiro atoms. The zero-order valence-corrected chi connectivity index (χ0v) is 21.4. The van der Waals surface area contributed by atoms with Gasteiger partial charge in [0, 0.05) is 31.2 Å². The fourth-order valence-corrected chi connectivity index (χ4v) is 5.50. The molecule has 2 fully saturated rings. The maximum Gasteiger partial charge on any atom is 0.290 e. The van der Waals surface area contributed by atoms with E-state index in [-0.39, 0.29) is 11.1 Å². The van der Waals surface area contributed by atoms with E-state index in [1.165, 1.54) is 0 Å². The van der Waals surface area contributed by atoms with Crippen molar-refractivity contribution in [1.29, 1.82) is 0 Å². The summed E-state index contributed by atoms with van der Waals surface area (Å²) in [5, 5.41) is 7.83. The van der Waals surface area contributed by atoms with Crippen molar-refractivity contribution in [1.82, 2.24) is 25.6 Å². The Balaban J connectivity index is 1.06. The van der Waals surface area contributed by atoms with Gasteiger partial charge in [0.1, 0.15) is 5.69 Å². The number of rotatable bonds is 7. The van der Waals surface area contributed by atoms with Crippen LogP contribution in [0.25, 0.3) is 28.3 Å². The lowest BCUT2D eigenvalue weighted by Crippen LogP contribution is -2.38. The molecule has 2 aliphatic rings. The number of hydrogen-bond donors (Lipinski definition) is 2. The third-order valence-corrected chi connectivity index (χ3v) is 7.61. The number of benzene rings is 1. The highest BCUT2D eigenvalue weighted by atomic mass is 32.2. The molecule has 2 N–H and O–H groups in total. The topological polar surface area (TPSA) is 113 Å². The Bertz CT molecular complexity index is 1510. The molecular formula is C28H26N6O3S. The molecule has 0 unspecified atom stereocenters. The molecule has 10 heteroatoms. The lowest BCUT2D eigenvalue weighted by Gasteiger charge is -2.32. The molecule has 3 aromatic heterocycles. The summed E-state index contributed by atoms with van der Waals surface area (Å²) in [6.07, 6.45) is 7.04. The predicted molar refractivity (Wildman–Crippen MR) is 147 cm³/mol. The second-order valence-corrected chi connectivity index (χ2v) is 10.4. The van der Waals surface area contributed by atoms with Crippen LogP contribution >= 0.6 is 11.8 Å². The van der Waals surface area contributed by atoms with E-state index in [1.54, 1.807) is 24.6 Å². The molecule has 6 rings (SSSR count). The standard InChI is InChI=1S/C28H26N6O3S/c35-26-25(38-28(36)33-26)15-20-7-10-30-27(31-20)34-11-8-18(9-12-34)16-29-17-23-21-5-2-1-4-19(21)14-22(32-23)24-6-3-13-37-24/h1-7,10,13-15,18,29H,8-9,11-12,16-17H2,(H,33,35,36). The molecular weight excluding hydrogens is 500 g/mol. The van der Waals surface area contributed by atoms with Gasteiger partial charge in [-0.2, -0.15) is 0 Å². The van der Waals surface area contributed by atoms with Crippen molar-refractivity contribution in [2.24, 2.45) is 5.92 Å². The average molecular weight is 527 g/mol. The van der Waals surface area contributed by atoms with Crippen molar-refractivity contribution in [3.05, 3.63) is 77.3 Å². The van der Waals surface area contributed by atoms with Gasteiger partial charge in [0.25, 0.3) is 11.1 Å². The molecule has 0 aliphatic carbocycles. The number of hydrogen-bond acceptors (Lipinski definition) is 9. The zero-order chi connectivity index (χ0) is 25.9. The number of nitrogens with zero attached hydrogens (tertiary/aromatic N) is 4. The van der Waals surface area contributed by atoms with E-state index in [1.807, 2.05) is 24.3 Å². The average Bonchev–Trinajstić information content (AvgIpc) is 3.59. The highest BCUT2D eigenvalue weighted by molar-refractivity contribution is 8.18. The summed E-state index contributed by atoms with van der Waals surface area (Å²) in [5.41, 5.74) is 2.47. The van der Waals surface area contributed by atoms with Gasteiger partial charge in [-0.05, 0) is 72.8 Å². The van der Waals surface area contributed by atoms with Crippen LogP contribution in [0.3, 0.4) is 0 Å². The summed E-state index contributed by atoms with van der Waals surface area (Å²) in [4.78, 5) is 39.7. The summed E-state index contributed by atoms with van der Waals surface area (Å²) in [7, 11) is 0. The Hall–Kier alpha value is -4.02. The van der Waals surface area contributed by atoms with Crippen molar-refractivity contribution in [2.75, 3.05) is 24.5 Å². The van der Waals surface area contributed by atoms with Crippen LogP contribution in [0.1, 0.15) is 24.2 Å². The lowest BCUT2D eigenvalue weighted by atomic mass is 9.97. The summed E-state index contributed by atoms with van der Waals surface area (Å²) < 4.78 is 5.59. The monoisotopic (exact) mass is 526 g/mol. The first-order valence-corrected chi connectivity index (χ1v) is 13.4. The molecule has 0 saturated carbocycles. The molecule has 1 aromatic carbocycles. The van der Waals surface area contributed by atoms with E-state index in [0.29, 0.717) is 29.0 Å². The van der Waals surface area contributed by atoms with Gasteiger partial charge in [-0.1, -0.05) is 24.3 Å². The quantitative estimate of drug-likeness (QED) is 0.333. The van der Waals surface area contributed by atoms with E-state index < -0.39 is 0 Å². The largest absolute Gasteiger partial charge is 0.463 e. The fourth-order valence-electron chi connectivity index (χ4n) is 4.84. The molecule has 2 saturated heterocycles. The second-order valence-electron chi connectivity index (χ2n) is 9.35. The van der Waals surface area contributed by atoms with Crippen LogP contribution in [0, 0.1) is 5.92 Å². The number of thioether (sulfide) groups is 1. The summed E-state index contributed by atoms with van der Waals surface area (Å²) in [5.74, 6) is 1.57. The fraction of sp³-hybridized carbons (Fsp3) is 0.250. The van der Waals surface area contributed by atoms with Crippen molar-refractivity contribution < 1.29 is 14.0 Å². The van der Waals surface area contributed by atoms with Crippen molar-refractivity contribution in [3.63, 3.8) is 0 Å². The number of piperidine rings is 1. The van der Waals surface area contributed by atoms with E-state index >= 15 is 0 Å². The summed E-state index contributed by atoms with van der Waals surface area (Å²) >= 11 is 0.888. The number of aromatic nitrogens is 3. The molecule has 38 heavy (non-hydrogen) atoms. The maximum absolute atomic E-state index is 11.8. The maximum atomic E-state index is 11.8. The van der Waals surface area contributed by atoms with Crippen LogP contribution < -0.4 is 15.5 Å². The molecule has 4 aromatic rings. The van der Waals surface area contributed by atoms with E-state index in [9.17, 15) is 9.59 Å². The Labute approximate surface area is 223 Å². The Kier molecular flexibility index (Phi) is 6.89. The van der Waals surface area contributed by atoms with Gasteiger partial charge in [0.2, 0.25) is 5.95 Å². The van der Waals surface area contributed by atoms with Crippen molar-refractivity contribution >= 4 is 45.7 Å². The first kappa shape index (κ1) is 24.3. The second kappa shape index (κ2) is 10.8. The summed E-state index contributed by atoms with van der Waals surface area (Å²) in [6.45, 7) is 3.30. The lowest BCUT2D eigenvalue weighted by molar-refractivity contribution is -0.115. The number of pyridine rings is 1. The number of fused-ring (bicyclic) bond motifs is 1. The number of amides is 2. The molecule has 5 heterocycles. The number of imide groups is 1. The smallest absolute Gasteiger partial charge is 0.290 e. The van der Waals surface area contributed by atoms with Gasteiger partial charge in [0.05, 0.1) is 22.6 Å². The first-order valence-electron chi connectivity index (χ1n) is 12.6. The van der Waals surface area contributed by atoms with E-state index in [0.717, 1.165) is 72.2 Å². The molecule has 192 valence electrons. The molecule has 2 aliphatic heterocycles. The highest BCUT2D eigenvalue weighted by Gasteiger charge is 2.26. The number of carbonyl (C=O) groups is 2. The zero-order valence-electron chi connectivity index (χ0n) is 20.6. The van der Waals surface area contributed by atoms with E-state index in [2.05, 4.69) is 43.7 Å². The number of anilines is 1. The number of carbonyl (C=O) groups excluding carboxylic acids is 2. The van der Waals surface area contributed by atoms with E-state index in [4.69, 9.17) is 9.40 Å². The summed E-state index contributed by atoms with van der Waals surface area (Å²) in [6, 6.07) is 15.9. The van der Waals surface area contributed by atoms with Crippen LogP contribution in [0.4, 0.5) is 10.7 Å². The van der Waals surface area contributed by atoms with Gasteiger partial charge in [-0.3, -0.25) is 14.9 Å². The minimum Gasteiger partial charge on any atom is -0.463 e. The number of nitrogens with one attached hydrogen (secondary N) is 2. The van der Waals surface area contributed by atoms with Gasteiger partial charge in [0.15, 0.2) is 5.76 Å². The molecule has 9 nitrogen and oxygen atoms in total. The molecule has 0 radical (unpaired) electrons. The first-order chi connectivity index (χ1) is 18.6. The molecule has 0 bridgehead atoms. The number of furan rings is 1. The Morgan fingerprint density at radius 1 is 1.11 bits per heavy atom. The minimum atomic E-state index is -0.385. The minimum absolute atomic E-state index is 0.349. The predicted octanol–water partition coefficient (Wildman–Crippen LogP) is 4.61. The van der Waals surface area contributed by atoms with Crippen molar-refractivity contribution in [2.45, 2.75) is 19.4 Å². The van der Waals surface area contributed by atoms with Crippen LogP contribution in [0.15, 0.2) is 70.3 Å². The van der Waals surface area contributed by atoms with Crippen LogP contribution in [0.5, 0.6) is 0 Å². The molecule has 2 amide bonds. The third kappa shape index (κ3) is 5.32. The molecule has 0 atom stereocenters. The SMILES string of the molecule is O=C1NC(=O)C(=Cc2ccnc(N3CCC(CNCc4nc(-c5ccco5)cc5ccccc45)CC3)n2)S1. The normalized spacial score (nSPS) is 17.5. The Morgan fingerprint density at radius 2 is 1.97 bits per heavy atom. The van der Waals surface area contributed by atoms with Gasteiger partial charge in [-0.15, -0.1) is 0 Å². The van der Waals surface area contributed by atoms with Crippen LogP contribution in [0.2, 0.25) is 0 Å².